The Kier molecular flexibility index (Phi) is 6.99. The quantitative estimate of drug-likeness (QED) is 0.807. The van der Waals surface area contributed by atoms with E-state index in [1.165, 1.54) is 18.6 Å². The number of nitrogens with one attached hydrogen (secondary N) is 1. The summed E-state index contributed by atoms with van der Waals surface area (Å²) in [7, 11) is 1.92. The number of amides is 1. The van der Waals surface area contributed by atoms with Gasteiger partial charge in [-0.05, 0) is 49.9 Å². The van der Waals surface area contributed by atoms with Crippen LogP contribution in [0.25, 0.3) is 0 Å². The minimum atomic E-state index is -0.246. The number of benzene rings is 1. The van der Waals surface area contributed by atoms with Crippen LogP contribution in [0.15, 0.2) is 24.3 Å². The molecule has 1 amide bonds. The number of halogens is 1. The van der Waals surface area contributed by atoms with Gasteiger partial charge in [-0.1, -0.05) is 25.0 Å². The molecular formula is C18H27FN2O2. The van der Waals surface area contributed by atoms with Gasteiger partial charge in [-0.3, -0.25) is 9.69 Å². The Morgan fingerprint density at radius 3 is 2.70 bits per heavy atom. The van der Waals surface area contributed by atoms with E-state index >= 15 is 0 Å². The number of hydrogen-bond donors (Lipinski definition) is 2. The first-order valence-electron chi connectivity index (χ1n) is 8.42. The predicted octanol–water partition coefficient (Wildman–Crippen LogP) is 1.97. The second-order valence-electron chi connectivity index (χ2n) is 6.54. The molecule has 1 aromatic rings. The number of aliphatic hydroxyl groups is 1. The Morgan fingerprint density at radius 2 is 2.00 bits per heavy atom. The van der Waals surface area contributed by atoms with Crippen molar-refractivity contribution in [1.29, 1.82) is 0 Å². The average Bonchev–Trinajstić information content (AvgIpc) is 2.51. The summed E-state index contributed by atoms with van der Waals surface area (Å²) in [6.45, 7) is 1.64. The molecule has 0 saturated heterocycles. The lowest BCUT2D eigenvalue weighted by Gasteiger charge is -2.30. The van der Waals surface area contributed by atoms with E-state index in [1.54, 1.807) is 12.1 Å². The van der Waals surface area contributed by atoms with Crippen LogP contribution in [0.3, 0.4) is 0 Å². The summed E-state index contributed by atoms with van der Waals surface area (Å²) in [5, 5.41) is 12.9. The van der Waals surface area contributed by atoms with Gasteiger partial charge in [0, 0.05) is 13.1 Å². The zero-order chi connectivity index (χ0) is 16.7. The monoisotopic (exact) mass is 322 g/mol. The molecule has 0 heterocycles. The van der Waals surface area contributed by atoms with Gasteiger partial charge >= 0.3 is 0 Å². The summed E-state index contributed by atoms with van der Waals surface area (Å²) in [5.74, 6) is 0.0185. The molecule has 2 rings (SSSR count). The molecule has 0 bridgehead atoms. The van der Waals surface area contributed by atoms with Crippen molar-refractivity contribution in [3.8, 4) is 0 Å². The van der Waals surface area contributed by atoms with Crippen LogP contribution in [0.2, 0.25) is 0 Å². The minimum absolute atomic E-state index is 0.0140. The lowest BCUT2D eigenvalue weighted by molar-refractivity contribution is -0.122. The lowest BCUT2D eigenvalue weighted by atomic mass is 9.86. The fourth-order valence-electron chi connectivity index (χ4n) is 3.16. The van der Waals surface area contributed by atoms with E-state index in [0.29, 0.717) is 19.5 Å². The van der Waals surface area contributed by atoms with E-state index in [9.17, 15) is 14.3 Å². The highest BCUT2D eigenvalue weighted by Gasteiger charge is 2.24. The number of carbonyl (C=O) groups is 1. The average molecular weight is 322 g/mol. The molecule has 1 aromatic carbocycles. The third-order valence-corrected chi connectivity index (χ3v) is 4.48. The molecular weight excluding hydrogens is 295 g/mol. The Labute approximate surface area is 137 Å². The van der Waals surface area contributed by atoms with Crippen molar-refractivity contribution in [1.82, 2.24) is 10.2 Å². The normalized spacial score (nSPS) is 21.4. The molecule has 2 unspecified atom stereocenters. The van der Waals surface area contributed by atoms with Gasteiger partial charge in [0.25, 0.3) is 0 Å². The summed E-state index contributed by atoms with van der Waals surface area (Å²) in [5.41, 5.74) is 1.00. The molecule has 1 aliphatic rings. The summed E-state index contributed by atoms with van der Waals surface area (Å²) < 4.78 is 12.8. The number of likely N-dealkylation sites (N-methyl/N-ethyl adjacent to an activating group) is 1. The summed E-state index contributed by atoms with van der Waals surface area (Å²) in [6.07, 6.45) is 4.65. The van der Waals surface area contributed by atoms with Crippen LogP contribution in [0.1, 0.15) is 31.2 Å². The van der Waals surface area contributed by atoms with E-state index in [-0.39, 0.29) is 23.7 Å². The van der Waals surface area contributed by atoms with Gasteiger partial charge in [-0.15, -0.1) is 0 Å². The highest BCUT2D eigenvalue weighted by molar-refractivity contribution is 5.77. The van der Waals surface area contributed by atoms with Crippen LogP contribution in [0, 0.1) is 11.7 Å². The van der Waals surface area contributed by atoms with Gasteiger partial charge in [0.05, 0.1) is 12.6 Å². The fourth-order valence-corrected chi connectivity index (χ4v) is 3.16. The minimum Gasteiger partial charge on any atom is -0.393 e. The van der Waals surface area contributed by atoms with Crippen molar-refractivity contribution in [2.75, 3.05) is 26.7 Å². The first kappa shape index (κ1) is 17.9. The summed E-state index contributed by atoms with van der Waals surface area (Å²) in [4.78, 5) is 13.9. The van der Waals surface area contributed by atoms with Gasteiger partial charge in [0.15, 0.2) is 0 Å². The SMILES string of the molecule is CN(CC(=O)NCCc1ccc(F)cc1)CC1CCCCC1O. The van der Waals surface area contributed by atoms with E-state index in [0.717, 1.165) is 31.4 Å². The lowest BCUT2D eigenvalue weighted by Crippen LogP contribution is -2.41. The maximum Gasteiger partial charge on any atom is 0.234 e. The van der Waals surface area contributed by atoms with Gasteiger partial charge in [-0.25, -0.2) is 4.39 Å². The van der Waals surface area contributed by atoms with E-state index in [4.69, 9.17) is 0 Å². The van der Waals surface area contributed by atoms with Crippen LogP contribution in [-0.2, 0) is 11.2 Å². The van der Waals surface area contributed by atoms with Crippen LogP contribution < -0.4 is 5.32 Å². The van der Waals surface area contributed by atoms with Crippen molar-refractivity contribution in [3.05, 3.63) is 35.6 Å². The maximum absolute atomic E-state index is 12.8. The molecule has 4 nitrogen and oxygen atoms in total. The highest BCUT2D eigenvalue weighted by Crippen LogP contribution is 2.24. The number of carbonyl (C=O) groups excluding carboxylic acids is 1. The van der Waals surface area contributed by atoms with Gasteiger partial charge in [-0.2, -0.15) is 0 Å². The first-order chi connectivity index (χ1) is 11.0. The molecule has 0 aromatic heterocycles. The highest BCUT2D eigenvalue weighted by atomic mass is 19.1. The van der Waals surface area contributed by atoms with E-state index in [1.807, 2.05) is 11.9 Å². The molecule has 23 heavy (non-hydrogen) atoms. The summed E-state index contributed by atoms with van der Waals surface area (Å²) in [6, 6.07) is 6.33. The standard InChI is InChI=1S/C18H27FN2O2/c1-21(12-15-4-2-3-5-17(15)22)13-18(23)20-11-10-14-6-8-16(19)9-7-14/h6-9,15,17,22H,2-5,10-13H2,1H3,(H,20,23). The third kappa shape index (κ3) is 6.28. The molecule has 0 radical (unpaired) electrons. The van der Waals surface area contributed by atoms with Crippen LogP contribution in [0.4, 0.5) is 4.39 Å². The van der Waals surface area contributed by atoms with Crippen LogP contribution in [-0.4, -0.2) is 48.7 Å². The smallest absolute Gasteiger partial charge is 0.234 e. The second-order valence-corrected chi connectivity index (χ2v) is 6.54. The second kappa shape index (κ2) is 8.99. The number of rotatable bonds is 7. The molecule has 2 N–H and O–H groups in total. The molecule has 0 aliphatic heterocycles. The Bertz CT molecular complexity index is 492. The van der Waals surface area contributed by atoms with Crippen molar-refractivity contribution in [2.24, 2.45) is 5.92 Å². The summed E-state index contributed by atoms with van der Waals surface area (Å²) >= 11 is 0. The first-order valence-corrected chi connectivity index (χ1v) is 8.42. The molecule has 5 heteroatoms. The molecule has 1 aliphatic carbocycles. The van der Waals surface area contributed by atoms with Crippen molar-refractivity contribution in [2.45, 2.75) is 38.2 Å². The third-order valence-electron chi connectivity index (χ3n) is 4.48. The number of aliphatic hydroxyl groups excluding tert-OH is 1. The van der Waals surface area contributed by atoms with Gasteiger partial charge in [0.1, 0.15) is 5.82 Å². The van der Waals surface area contributed by atoms with Gasteiger partial charge < -0.3 is 10.4 Å². The number of nitrogens with zero attached hydrogens (tertiary/aromatic N) is 1. The zero-order valence-electron chi connectivity index (χ0n) is 13.8. The molecule has 1 saturated carbocycles. The Hall–Kier alpha value is -1.46. The van der Waals surface area contributed by atoms with Crippen molar-refractivity contribution in [3.63, 3.8) is 0 Å². The largest absolute Gasteiger partial charge is 0.393 e. The fraction of sp³-hybridized carbons (Fsp3) is 0.611. The maximum atomic E-state index is 12.8. The topological polar surface area (TPSA) is 52.6 Å². The van der Waals surface area contributed by atoms with Crippen LogP contribution >= 0.6 is 0 Å². The van der Waals surface area contributed by atoms with Crippen molar-refractivity contribution < 1.29 is 14.3 Å². The zero-order valence-corrected chi connectivity index (χ0v) is 13.8. The van der Waals surface area contributed by atoms with E-state index < -0.39 is 0 Å². The number of hydrogen-bond acceptors (Lipinski definition) is 3. The predicted molar refractivity (Wildman–Crippen MR) is 88.6 cm³/mol. The van der Waals surface area contributed by atoms with Crippen molar-refractivity contribution >= 4 is 5.91 Å². The molecule has 2 atom stereocenters. The Balaban J connectivity index is 1.64. The molecule has 1 fully saturated rings. The van der Waals surface area contributed by atoms with E-state index in [2.05, 4.69) is 5.32 Å². The van der Waals surface area contributed by atoms with Gasteiger partial charge in [0.2, 0.25) is 5.91 Å². The Morgan fingerprint density at radius 1 is 1.30 bits per heavy atom. The molecule has 0 spiro atoms. The van der Waals surface area contributed by atoms with Crippen LogP contribution in [0.5, 0.6) is 0 Å². The molecule has 128 valence electrons.